The fraction of sp³-hybridized carbons (Fsp3) is 0.308. The molecule has 2 aromatic rings. The van der Waals surface area contributed by atoms with E-state index in [1.807, 2.05) is 0 Å². The quantitative estimate of drug-likeness (QED) is 0.930. The largest absolute Gasteiger partial charge is 0.417 e. The highest BCUT2D eigenvalue weighted by molar-refractivity contribution is 5.62. The summed E-state index contributed by atoms with van der Waals surface area (Å²) in [6.45, 7) is 0.430. The maximum Gasteiger partial charge on any atom is 0.417 e. The minimum atomic E-state index is -4.39. The molecular formula is C13H14F3N3. The third-order valence-electron chi connectivity index (χ3n) is 2.96. The number of imidazole rings is 1. The summed E-state index contributed by atoms with van der Waals surface area (Å²) in [5, 5.41) is 0. The minimum absolute atomic E-state index is 0.0840. The smallest absolute Gasteiger partial charge is 0.331 e. The molecule has 0 saturated carbocycles. The number of nitrogens with two attached hydrogens (primary N) is 1. The van der Waals surface area contributed by atoms with Crippen LogP contribution in [0.15, 0.2) is 30.5 Å². The van der Waals surface area contributed by atoms with Gasteiger partial charge in [-0.2, -0.15) is 13.2 Å². The maximum absolute atomic E-state index is 13.0. The second-order valence-electron chi connectivity index (χ2n) is 4.21. The highest BCUT2D eigenvalue weighted by Crippen LogP contribution is 2.36. The zero-order valence-electron chi connectivity index (χ0n) is 10.4. The summed E-state index contributed by atoms with van der Waals surface area (Å²) in [4.78, 5) is 4.09. The van der Waals surface area contributed by atoms with E-state index in [0.717, 1.165) is 11.8 Å². The average Bonchev–Trinajstić information content (AvgIpc) is 2.71. The Labute approximate surface area is 108 Å². The molecule has 2 N–H and O–H groups in total. The molecule has 0 aliphatic heterocycles. The Kier molecular flexibility index (Phi) is 3.61. The van der Waals surface area contributed by atoms with E-state index in [2.05, 4.69) is 4.98 Å². The molecule has 0 unspecified atom stereocenters. The van der Waals surface area contributed by atoms with Crippen molar-refractivity contribution in [2.75, 3.05) is 6.54 Å². The number of alkyl halides is 3. The second-order valence-corrected chi connectivity index (χ2v) is 4.21. The van der Waals surface area contributed by atoms with Gasteiger partial charge in [-0.3, -0.25) is 0 Å². The Morgan fingerprint density at radius 2 is 1.95 bits per heavy atom. The van der Waals surface area contributed by atoms with Crippen LogP contribution in [0.1, 0.15) is 11.3 Å². The van der Waals surface area contributed by atoms with Crippen LogP contribution in [0.25, 0.3) is 11.4 Å². The van der Waals surface area contributed by atoms with Crippen molar-refractivity contribution >= 4 is 0 Å². The summed E-state index contributed by atoms with van der Waals surface area (Å²) >= 11 is 0. The standard InChI is InChI=1S/C13H14F3N3/c1-19-9(6-7-17)8-18-12(19)10-4-2-3-5-11(10)13(14,15)16/h2-5,8H,6-7,17H2,1H3. The predicted molar refractivity (Wildman–Crippen MR) is 66.4 cm³/mol. The van der Waals surface area contributed by atoms with Crippen LogP contribution in [0.5, 0.6) is 0 Å². The molecule has 3 nitrogen and oxygen atoms in total. The van der Waals surface area contributed by atoms with Crippen molar-refractivity contribution in [3.05, 3.63) is 41.7 Å². The van der Waals surface area contributed by atoms with Gasteiger partial charge >= 0.3 is 6.18 Å². The van der Waals surface area contributed by atoms with E-state index in [4.69, 9.17) is 5.73 Å². The van der Waals surface area contributed by atoms with E-state index >= 15 is 0 Å². The van der Waals surface area contributed by atoms with Gasteiger partial charge in [0.2, 0.25) is 0 Å². The zero-order valence-corrected chi connectivity index (χ0v) is 10.4. The maximum atomic E-state index is 13.0. The third kappa shape index (κ3) is 2.63. The molecule has 0 radical (unpaired) electrons. The molecular weight excluding hydrogens is 255 g/mol. The lowest BCUT2D eigenvalue weighted by atomic mass is 10.1. The van der Waals surface area contributed by atoms with Crippen molar-refractivity contribution in [3.63, 3.8) is 0 Å². The van der Waals surface area contributed by atoms with Gasteiger partial charge in [0.1, 0.15) is 5.82 Å². The Morgan fingerprint density at radius 3 is 2.58 bits per heavy atom. The van der Waals surface area contributed by atoms with E-state index in [1.54, 1.807) is 23.9 Å². The van der Waals surface area contributed by atoms with E-state index in [1.165, 1.54) is 12.1 Å². The van der Waals surface area contributed by atoms with E-state index in [9.17, 15) is 13.2 Å². The lowest BCUT2D eigenvalue weighted by Gasteiger charge is -2.13. The molecule has 102 valence electrons. The van der Waals surface area contributed by atoms with Crippen molar-refractivity contribution in [3.8, 4) is 11.4 Å². The number of benzene rings is 1. The summed E-state index contributed by atoms with van der Waals surface area (Å²) in [7, 11) is 1.69. The summed E-state index contributed by atoms with van der Waals surface area (Å²) in [5.74, 6) is 0.302. The highest BCUT2D eigenvalue weighted by Gasteiger charge is 2.34. The normalized spacial score (nSPS) is 11.8. The molecule has 0 saturated heterocycles. The first kappa shape index (κ1) is 13.6. The number of nitrogens with zero attached hydrogens (tertiary/aromatic N) is 2. The summed E-state index contributed by atoms with van der Waals surface area (Å²) in [5.41, 5.74) is 5.68. The summed E-state index contributed by atoms with van der Waals surface area (Å²) < 4.78 is 40.5. The Bertz CT molecular complexity index is 573. The fourth-order valence-corrected chi connectivity index (χ4v) is 2.00. The first-order valence-electron chi connectivity index (χ1n) is 5.82. The van der Waals surface area contributed by atoms with Crippen molar-refractivity contribution in [1.29, 1.82) is 0 Å². The van der Waals surface area contributed by atoms with Crippen molar-refractivity contribution < 1.29 is 13.2 Å². The van der Waals surface area contributed by atoms with Crippen LogP contribution in [0.2, 0.25) is 0 Å². The number of hydrogen-bond donors (Lipinski definition) is 1. The van der Waals surface area contributed by atoms with E-state index in [0.29, 0.717) is 18.8 Å². The lowest BCUT2D eigenvalue weighted by Crippen LogP contribution is -2.10. The molecule has 1 aromatic carbocycles. The van der Waals surface area contributed by atoms with E-state index in [-0.39, 0.29) is 5.56 Å². The number of hydrogen-bond acceptors (Lipinski definition) is 2. The molecule has 19 heavy (non-hydrogen) atoms. The third-order valence-corrected chi connectivity index (χ3v) is 2.96. The van der Waals surface area contributed by atoms with Crippen LogP contribution in [0, 0.1) is 0 Å². The molecule has 6 heteroatoms. The van der Waals surface area contributed by atoms with Crippen LogP contribution in [0.3, 0.4) is 0 Å². The van der Waals surface area contributed by atoms with Gasteiger partial charge in [0.05, 0.1) is 5.56 Å². The fourth-order valence-electron chi connectivity index (χ4n) is 2.00. The molecule has 0 bridgehead atoms. The monoisotopic (exact) mass is 269 g/mol. The molecule has 1 aromatic heterocycles. The number of rotatable bonds is 3. The minimum Gasteiger partial charge on any atom is -0.331 e. The van der Waals surface area contributed by atoms with Crippen LogP contribution < -0.4 is 5.73 Å². The van der Waals surface area contributed by atoms with Crippen LogP contribution >= 0.6 is 0 Å². The molecule has 0 fully saturated rings. The number of halogens is 3. The van der Waals surface area contributed by atoms with E-state index < -0.39 is 11.7 Å². The van der Waals surface area contributed by atoms with Crippen LogP contribution in [-0.2, 0) is 19.6 Å². The second kappa shape index (κ2) is 5.05. The highest BCUT2D eigenvalue weighted by atomic mass is 19.4. The van der Waals surface area contributed by atoms with Gasteiger partial charge < -0.3 is 10.3 Å². The Morgan fingerprint density at radius 1 is 1.26 bits per heavy atom. The molecule has 1 heterocycles. The van der Waals surface area contributed by atoms with Gasteiger partial charge in [0.15, 0.2) is 0 Å². The average molecular weight is 269 g/mol. The first-order valence-corrected chi connectivity index (χ1v) is 5.82. The lowest BCUT2D eigenvalue weighted by molar-refractivity contribution is -0.137. The zero-order chi connectivity index (χ0) is 14.0. The van der Waals surface area contributed by atoms with Crippen LogP contribution in [0.4, 0.5) is 13.2 Å². The Hall–Kier alpha value is -1.82. The van der Waals surface area contributed by atoms with Gasteiger partial charge in [-0.25, -0.2) is 4.98 Å². The van der Waals surface area contributed by atoms with Gasteiger partial charge in [-0.15, -0.1) is 0 Å². The van der Waals surface area contributed by atoms with Crippen molar-refractivity contribution in [2.24, 2.45) is 12.8 Å². The SMILES string of the molecule is Cn1c(CCN)cnc1-c1ccccc1C(F)(F)F. The topological polar surface area (TPSA) is 43.8 Å². The Balaban J connectivity index is 2.54. The first-order chi connectivity index (χ1) is 8.95. The summed E-state index contributed by atoms with van der Waals surface area (Å²) in [6.07, 6.45) is -2.25. The van der Waals surface area contributed by atoms with Crippen LogP contribution in [-0.4, -0.2) is 16.1 Å². The van der Waals surface area contributed by atoms with Gasteiger partial charge in [0.25, 0.3) is 0 Å². The number of aromatic nitrogens is 2. The van der Waals surface area contributed by atoms with Crippen molar-refractivity contribution in [2.45, 2.75) is 12.6 Å². The van der Waals surface area contributed by atoms with Gasteiger partial charge in [0, 0.05) is 30.9 Å². The molecule has 0 aliphatic rings. The molecule has 2 rings (SSSR count). The molecule has 0 atom stereocenters. The molecule has 0 amide bonds. The van der Waals surface area contributed by atoms with Gasteiger partial charge in [-0.1, -0.05) is 18.2 Å². The molecule has 0 aliphatic carbocycles. The summed E-state index contributed by atoms with van der Waals surface area (Å²) in [6, 6.07) is 5.43. The predicted octanol–water partition coefficient (Wildman–Crippen LogP) is 2.61. The van der Waals surface area contributed by atoms with Crippen molar-refractivity contribution in [1.82, 2.24) is 9.55 Å². The van der Waals surface area contributed by atoms with Gasteiger partial charge in [-0.05, 0) is 12.6 Å². The molecule has 0 spiro atoms.